The molecular formula is C24H24ClF2N7O. The molecule has 8 nitrogen and oxygen atoms in total. The van der Waals surface area contributed by atoms with Crippen molar-refractivity contribution in [2.24, 2.45) is 5.41 Å². The molecule has 0 unspecified atom stereocenters. The third-order valence-electron chi connectivity index (χ3n) is 7.61. The van der Waals surface area contributed by atoms with E-state index >= 15 is 0 Å². The Morgan fingerprint density at radius 2 is 1.86 bits per heavy atom. The van der Waals surface area contributed by atoms with Crippen molar-refractivity contribution in [1.82, 2.24) is 24.6 Å². The number of aromatic nitrogens is 4. The Morgan fingerprint density at radius 1 is 1.03 bits per heavy atom. The van der Waals surface area contributed by atoms with Crippen molar-refractivity contribution in [2.75, 3.05) is 49.2 Å². The molecule has 4 aliphatic heterocycles. The van der Waals surface area contributed by atoms with Crippen LogP contribution in [-0.2, 0) is 17.8 Å². The molecule has 3 fully saturated rings. The molecule has 3 saturated heterocycles. The summed E-state index contributed by atoms with van der Waals surface area (Å²) in [6, 6.07) is 7.23. The van der Waals surface area contributed by atoms with E-state index in [0.29, 0.717) is 30.7 Å². The number of pyridine rings is 1. The zero-order valence-corrected chi connectivity index (χ0v) is 19.8. The van der Waals surface area contributed by atoms with Crippen molar-refractivity contribution >= 4 is 23.4 Å². The average Bonchev–Trinajstić information content (AvgIpc) is 3.41. The zero-order valence-electron chi connectivity index (χ0n) is 19.0. The van der Waals surface area contributed by atoms with Crippen molar-refractivity contribution in [2.45, 2.75) is 25.6 Å². The van der Waals surface area contributed by atoms with Crippen LogP contribution in [0, 0.1) is 17.0 Å². The molecule has 4 aliphatic rings. The SMILES string of the molecule is Fc1cnc(N2CC3(C2)CN(c2nnc4n2-c2ccc(Cl)cc2CN([C@H]2CCOC2)C4)C3)c(F)c1. The highest BCUT2D eigenvalue weighted by molar-refractivity contribution is 6.30. The van der Waals surface area contributed by atoms with Gasteiger partial charge in [0, 0.05) is 61.9 Å². The molecule has 1 spiro atoms. The van der Waals surface area contributed by atoms with Gasteiger partial charge >= 0.3 is 0 Å². The predicted molar refractivity (Wildman–Crippen MR) is 126 cm³/mol. The summed E-state index contributed by atoms with van der Waals surface area (Å²) in [7, 11) is 0. The molecule has 1 aromatic carbocycles. The molecule has 0 bridgehead atoms. The molecule has 1 atom stereocenters. The summed E-state index contributed by atoms with van der Waals surface area (Å²) in [5.41, 5.74) is 2.25. The number of hydrogen-bond donors (Lipinski definition) is 0. The second-order valence-corrected chi connectivity index (χ2v) is 10.6. The number of anilines is 2. The topological polar surface area (TPSA) is 62.6 Å². The first kappa shape index (κ1) is 21.5. The van der Waals surface area contributed by atoms with Crippen LogP contribution in [0.2, 0.25) is 5.02 Å². The fourth-order valence-electron chi connectivity index (χ4n) is 5.94. The summed E-state index contributed by atoms with van der Waals surface area (Å²) in [6.45, 7) is 5.94. The van der Waals surface area contributed by atoms with E-state index in [0.717, 1.165) is 74.6 Å². The van der Waals surface area contributed by atoms with Crippen molar-refractivity contribution < 1.29 is 13.5 Å². The minimum atomic E-state index is -0.663. The van der Waals surface area contributed by atoms with Gasteiger partial charge in [0.05, 0.1) is 25.0 Å². The third kappa shape index (κ3) is 3.49. The zero-order chi connectivity index (χ0) is 23.7. The number of hydrogen-bond acceptors (Lipinski definition) is 7. The Hall–Kier alpha value is -2.82. The van der Waals surface area contributed by atoms with E-state index in [4.69, 9.17) is 16.3 Å². The van der Waals surface area contributed by atoms with E-state index in [-0.39, 0.29) is 11.2 Å². The van der Waals surface area contributed by atoms with Crippen LogP contribution < -0.4 is 9.80 Å². The molecule has 0 amide bonds. The molecule has 182 valence electrons. The van der Waals surface area contributed by atoms with Crippen molar-refractivity contribution in [1.29, 1.82) is 0 Å². The van der Waals surface area contributed by atoms with Gasteiger partial charge in [0.2, 0.25) is 5.95 Å². The first-order chi connectivity index (χ1) is 17.0. The summed E-state index contributed by atoms with van der Waals surface area (Å²) in [5.74, 6) is 0.661. The van der Waals surface area contributed by atoms with E-state index in [2.05, 4.69) is 29.5 Å². The van der Waals surface area contributed by atoms with Gasteiger partial charge in [0.25, 0.3) is 0 Å². The summed E-state index contributed by atoms with van der Waals surface area (Å²) >= 11 is 6.38. The molecule has 6 heterocycles. The predicted octanol–water partition coefficient (Wildman–Crippen LogP) is 3.03. The van der Waals surface area contributed by atoms with E-state index < -0.39 is 11.6 Å². The van der Waals surface area contributed by atoms with Crippen molar-refractivity contribution in [3.63, 3.8) is 0 Å². The maximum atomic E-state index is 14.1. The van der Waals surface area contributed by atoms with Gasteiger partial charge in [-0.15, -0.1) is 10.2 Å². The quantitative estimate of drug-likeness (QED) is 0.549. The number of fused-ring (bicyclic) bond motifs is 3. The van der Waals surface area contributed by atoms with Crippen LogP contribution in [0.25, 0.3) is 5.69 Å². The monoisotopic (exact) mass is 499 g/mol. The fraction of sp³-hybridized carbons (Fsp3) is 0.458. The summed E-state index contributed by atoms with van der Waals surface area (Å²) in [4.78, 5) is 10.5. The van der Waals surface area contributed by atoms with E-state index in [1.54, 1.807) is 0 Å². The minimum Gasteiger partial charge on any atom is -0.380 e. The van der Waals surface area contributed by atoms with Crippen LogP contribution in [0.3, 0.4) is 0 Å². The highest BCUT2D eigenvalue weighted by atomic mass is 35.5. The van der Waals surface area contributed by atoms with Gasteiger partial charge in [-0.05, 0) is 30.2 Å². The highest BCUT2D eigenvalue weighted by Gasteiger charge is 2.54. The Kier molecular flexibility index (Phi) is 4.81. The summed E-state index contributed by atoms with van der Waals surface area (Å²) in [6.07, 6.45) is 2.07. The van der Waals surface area contributed by atoms with Crippen LogP contribution in [-0.4, -0.2) is 70.1 Å². The van der Waals surface area contributed by atoms with Gasteiger partial charge in [0.15, 0.2) is 17.5 Å². The normalized spacial score (nSPS) is 23.0. The number of benzene rings is 1. The lowest BCUT2D eigenvalue weighted by Gasteiger charge is -2.60. The number of ether oxygens (including phenoxy) is 1. The first-order valence-electron chi connectivity index (χ1n) is 11.8. The van der Waals surface area contributed by atoms with Crippen molar-refractivity contribution in [3.05, 3.63) is 58.5 Å². The highest BCUT2D eigenvalue weighted by Crippen LogP contribution is 2.44. The molecule has 0 N–H and O–H groups in total. The molecule has 0 saturated carbocycles. The van der Waals surface area contributed by atoms with Crippen LogP contribution in [0.5, 0.6) is 0 Å². The lowest BCUT2D eigenvalue weighted by Crippen LogP contribution is -2.73. The van der Waals surface area contributed by atoms with Gasteiger partial charge in [0.1, 0.15) is 5.82 Å². The fourth-order valence-corrected chi connectivity index (χ4v) is 6.14. The Bertz CT molecular complexity index is 1300. The standard InChI is InChI=1S/C24H24ClF2N7O/c25-16-1-2-20-15(5-16)8-31(18-3-4-35-10-18)9-21-29-30-23(34(20)21)33-13-24(14-33)11-32(12-24)22-19(27)6-17(26)7-28-22/h1-2,5-7,18H,3-4,8-14H2/t18-/m0/s1. The number of rotatable bonds is 3. The summed E-state index contributed by atoms with van der Waals surface area (Å²) in [5, 5.41) is 9.89. The van der Waals surface area contributed by atoms with Gasteiger partial charge < -0.3 is 14.5 Å². The number of nitrogens with zero attached hydrogens (tertiary/aromatic N) is 7. The lowest BCUT2D eigenvalue weighted by molar-refractivity contribution is 0.133. The molecule has 2 aromatic heterocycles. The van der Waals surface area contributed by atoms with E-state index in [9.17, 15) is 8.78 Å². The second kappa shape index (κ2) is 7.84. The Morgan fingerprint density at radius 3 is 2.63 bits per heavy atom. The van der Waals surface area contributed by atoms with E-state index in [1.165, 1.54) is 0 Å². The third-order valence-corrected chi connectivity index (χ3v) is 7.85. The molecule has 11 heteroatoms. The second-order valence-electron chi connectivity index (χ2n) is 10.1. The van der Waals surface area contributed by atoms with Crippen LogP contribution >= 0.6 is 11.6 Å². The molecule has 3 aromatic rings. The largest absolute Gasteiger partial charge is 0.380 e. The molecule has 7 rings (SSSR count). The maximum absolute atomic E-state index is 14.1. The molecular weight excluding hydrogens is 476 g/mol. The van der Waals surface area contributed by atoms with Gasteiger partial charge in [-0.1, -0.05) is 11.6 Å². The average molecular weight is 500 g/mol. The Labute approximate surface area is 206 Å². The minimum absolute atomic E-state index is 0.0513. The molecule has 0 aliphatic carbocycles. The van der Waals surface area contributed by atoms with Crippen LogP contribution in [0.1, 0.15) is 17.8 Å². The lowest BCUT2D eigenvalue weighted by atomic mass is 9.73. The summed E-state index contributed by atoms with van der Waals surface area (Å²) < 4.78 is 35.2. The molecule has 0 radical (unpaired) electrons. The molecule has 35 heavy (non-hydrogen) atoms. The number of halogens is 3. The smallest absolute Gasteiger partial charge is 0.231 e. The van der Waals surface area contributed by atoms with Crippen LogP contribution in [0.4, 0.5) is 20.5 Å². The van der Waals surface area contributed by atoms with Gasteiger partial charge in [-0.3, -0.25) is 9.47 Å². The van der Waals surface area contributed by atoms with Gasteiger partial charge in [-0.25, -0.2) is 13.8 Å². The van der Waals surface area contributed by atoms with Crippen molar-refractivity contribution in [3.8, 4) is 5.69 Å². The van der Waals surface area contributed by atoms with Gasteiger partial charge in [-0.2, -0.15) is 0 Å². The first-order valence-corrected chi connectivity index (χ1v) is 12.2. The Balaban J connectivity index is 1.14. The maximum Gasteiger partial charge on any atom is 0.231 e. The van der Waals surface area contributed by atoms with Crippen LogP contribution in [0.15, 0.2) is 30.5 Å². The van der Waals surface area contributed by atoms with E-state index in [1.807, 2.05) is 23.1 Å².